The third kappa shape index (κ3) is 3.48. The van der Waals surface area contributed by atoms with Gasteiger partial charge in [-0.3, -0.25) is 4.79 Å². The van der Waals surface area contributed by atoms with Crippen LogP contribution in [0.25, 0.3) is 0 Å². The first-order valence-electron chi connectivity index (χ1n) is 3.64. The highest BCUT2D eigenvalue weighted by Crippen LogP contribution is 2.28. The standard InChI is InChI=1S/C8H4Cl3F2NO/c9-8(10,11)7(15)14-6-2-1-4(12)3-5(6)13/h1-3H,(H,14,15). The van der Waals surface area contributed by atoms with Crippen LogP contribution in [0.5, 0.6) is 0 Å². The van der Waals surface area contributed by atoms with E-state index >= 15 is 0 Å². The monoisotopic (exact) mass is 273 g/mol. The molecule has 0 fully saturated rings. The molecular formula is C8H4Cl3F2NO. The summed E-state index contributed by atoms with van der Waals surface area (Å²) in [6.45, 7) is 0. The number of rotatable bonds is 1. The number of amides is 1. The Balaban J connectivity index is 2.87. The predicted molar refractivity (Wildman–Crippen MR) is 55.3 cm³/mol. The number of benzene rings is 1. The van der Waals surface area contributed by atoms with Crippen LogP contribution in [0.2, 0.25) is 0 Å². The number of anilines is 1. The van der Waals surface area contributed by atoms with Crippen LogP contribution in [0.4, 0.5) is 14.5 Å². The highest BCUT2D eigenvalue weighted by atomic mass is 35.6. The third-order valence-electron chi connectivity index (χ3n) is 1.44. The summed E-state index contributed by atoms with van der Waals surface area (Å²) in [5, 5.41) is 2.00. The second-order valence-electron chi connectivity index (χ2n) is 2.58. The van der Waals surface area contributed by atoms with Crippen LogP contribution < -0.4 is 5.32 Å². The molecule has 0 aliphatic carbocycles. The summed E-state index contributed by atoms with van der Waals surface area (Å²) in [6, 6.07) is 2.60. The van der Waals surface area contributed by atoms with Gasteiger partial charge in [0.15, 0.2) is 0 Å². The van der Waals surface area contributed by atoms with Gasteiger partial charge < -0.3 is 5.32 Å². The second-order valence-corrected chi connectivity index (χ2v) is 4.86. The van der Waals surface area contributed by atoms with E-state index in [1.165, 1.54) is 0 Å². The lowest BCUT2D eigenvalue weighted by molar-refractivity contribution is -0.115. The van der Waals surface area contributed by atoms with Gasteiger partial charge in [0.25, 0.3) is 9.70 Å². The summed E-state index contributed by atoms with van der Waals surface area (Å²) in [7, 11) is 0. The number of carbonyl (C=O) groups excluding carboxylic acids is 1. The molecule has 0 spiro atoms. The maximum atomic E-state index is 13.0. The molecule has 82 valence electrons. The molecule has 0 saturated carbocycles. The summed E-state index contributed by atoms with van der Waals surface area (Å²) in [6.07, 6.45) is 0. The Labute approximate surface area is 99.1 Å². The Morgan fingerprint density at radius 3 is 2.33 bits per heavy atom. The van der Waals surface area contributed by atoms with Crippen LogP contribution in [0.3, 0.4) is 0 Å². The Hall–Kier alpha value is -0.580. The van der Waals surface area contributed by atoms with E-state index in [2.05, 4.69) is 0 Å². The van der Waals surface area contributed by atoms with Crippen LogP contribution >= 0.6 is 34.8 Å². The van der Waals surface area contributed by atoms with Crippen LogP contribution in [-0.2, 0) is 4.79 Å². The lowest BCUT2D eigenvalue weighted by Gasteiger charge is -2.11. The van der Waals surface area contributed by atoms with Crippen molar-refractivity contribution in [2.45, 2.75) is 3.79 Å². The van der Waals surface area contributed by atoms with Crippen molar-refractivity contribution in [1.29, 1.82) is 0 Å². The minimum Gasteiger partial charge on any atom is -0.320 e. The fourth-order valence-corrected chi connectivity index (χ4v) is 0.926. The highest BCUT2D eigenvalue weighted by molar-refractivity contribution is 6.76. The number of nitrogens with one attached hydrogen (secondary N) is 1. The summed E-state index contributed by atoms with van der Waals surface area (Å²) in [5.41, 5.74) is -0.257. The fourth-order valence-electron chi connectivity index (χ4n) is 0.784. The first-order chi connectivity index (χ1) is 6.80. The smallest absolute Gasteiger partial charge is 0.276 e. The van der Waals surface area contributed by atoms with Crippen molar-refractivity contribution in [2.24, 2.45) is 0 Å². The number of carbonyl (C=O) groups is 1. The molecule has 2 nitrogen and oxygen atoms in total. The molecule has 0 aliphatic rings. The molecule has 1 aromatic rings. The van der Waals surface area contributed by atoms with E-state index in [4.69, 9.17) is 34.8 Å². The van der Waals surface area contributed by atoms with Gasteiger partial charge in [-0.15, -0.1) is 0 Å². The SMILES string of the molecule is O=C(Nc1ccc(F)cc1F)C(Cl)(Cl)Cl. The van der Waals surface area contributed by atoms with Crippen LogP contribution in [0.15, 0.2) is 18.2 Å². The molecule has 7 heteroatoms. The molecule has 0 unspecified atom stereocenters. The molecule has 0 aromatic heterocycles. The Kier molecular flexibility index (Phi) is 3.76. The van der Waals surface area contributed by atoms with Crippen molar-refractivity contribution in [1.82, 2.24) is 0 Å². The molecule has 0 atom stereocenters. The van der Waals surface area contributed by atoms with Gasteiger partial charge in [0.1, 0.15) is 11.6 Å². The van der Waals surface area contributed by atoms with Gasteiger partial charge in [0.2, 0.25) is 0 Å². The zero-order valence-electron chi connectivity index (χ0n) is 7.03. The molecule has 0 radical (unpaired) electrons. The average Bonchev–Trinajstić information content (AvgIpc) is 2.08. The van der Waals surface area contributed by atoms with E-state index in [0.717, 1.165) is 12.1 Å². The topological polar surface area (TPSA) is 29.1 Å². The molecule has 0 heterocycles. The fraction of sp³-hybridized carbons (Fsp3) is 0.125. The molecular weight excluding hydrogens is 270 g/mol. The van der Waals surface area contributed by atoms with Gasteiger partial charge in [0.05, 0.1) is 5.69 Å². The number of alkyl halides is 3. The summed E-state index contributed by atoms with van der Waals surface area (Å²) in [4.78, 5) is 11.1. The van der Waals surface area contributed by atoms with E-state index in [0.29, 0.717) is 6.07 Å². The molecule has 0 aliphatic heterocycles. The Bertz CT molecular complexity index is 392. The minimum atomic E-state index is -2.19. The largest absolute Gasteiger partial charge is 0.320 e. The van der Waals surface area contributed by atoms with Crippen LogP contribution in [-0.4, -0.2) is 9.70 Å². The second kappa shape index (κ2) is 4.51. The van der Waals surface area contributed by atoms with Crippen molar-refractivity contribution in [3.8, 4) is 0 Å². The van der Waals surface area contributed by atoms with Gasteiger partial charge >= 0.3 is 0 Å². The Morgan fingerprint density at radius 1 is 1.27 bits per heavy atom. The van der Waals surface area contributed by atoms with Gasteiger partial charge in [-0.2, -0.15) is 0 Å². The zero-order valence-corrected chi connectivity index (χ0v) is 9.30. The van der Waals surface area contributed by atoms with E-state index in [-0.39, 0.29) is 5.69 Å². The van der Waals surface area contributed by atoms with Gasteiger partial charge in [-0.05, 0) is 12.1 Å². The lowest BCUT2D eigenvalue weighted by Crippen LogP contribution is -2.27. The number of hydrogen-bond donors (Lipinski definition) is 1. The quantitative estimate of drug-likeness (QED) is 0.782. The molecule has 0 saturated heterocycles. The highest BCUT2D eigenvalue weighted by Gasteiger charge is 2.31. The summed E-state index contributed by atoms with van der Waals surface area (Å²) >= 11 is 15.7. The summed E-state index contributed by atoms with van der Waals surface area (Å²) < 4.78 is 23.3. The first-order valence-corrected chi connectivity index (χ1v) is 4.77. The van der Waals surface area contributed by atoms with E-state index < -0.39 is 21.3 Å². The van der Waals surface area contributed by atoms with Crippen molar-refractivity contribution in [2.75, 3.05) is 5.32 Å². The number of hydrogen-bond acceptors (Lipinski definition) is 1. The first kappa shape index (κ1) is 12.5. The zero-order chi connectivity index (χ0) is 11.6. The number of halogens is 5. The normalized spacial score (nSPS) is 11.3. The molecule has 1 aromatic carbocycles. The van der Waals surface area contributed by atoms with Crippen LogP contribution in [0, 0.1) is 11.6 Å². The maximum Gasteiger partial charge on any atom is 0.276 e. The molecule has 0 bridgehead atoms. The van der Waals surface area contributed by atoms with Crippen molar-refractivity contribution >= 4 is 46.4 Å². The van der Waals surface area contributed by atoms with Gasteiger partial charge in [0, 0.05) is 6.07 Å². The van der Waals surface area contributed by atoms with Crippen molar-refractivity contribution < 1.29 is 13.6 Å². The van der Waals surface area contributed by atoms with E-state index in [9.17, 15) is 13.6 Å². The van der Waals surface area contributed by atoms with E-state index in [1.807, 2.05) is 5.32 Å². The minimum absolute atomic E-state index is 0.257. The third-order valence-corrected chi connectivity index (χ3v) is 1.95. The maximum absolute atomic E-state index is 13.0. The van der Waals surface area contributed by atoms with Gasteiger partial charge in [-0.1, -0.05) is 34.8 Å². The summed E-state index contributed by atoms with van der Waals surface area (Å²) in [5.74, 6) is -2.73. The van der Waals surface area contributed by atoms with E-state index in [1.54, 1.807) is 0 Å². The molecule has 1 amide bonds. The molecule has 1 rings (SSSR count). The predicted octanol–water partition coefficient (Wildman–Crippen LogP) is 3.27. The Morgan fingerprint density at radius 2 is 1.87 bits per heavy atom. The lowest BCUT2D eigenvalue weighted by atomic mass is 10.3. The molecule has 15 heavy (non-hydrogen) atoms. The van der Waals surface area contributed by atoms with Crippen molar-refractivity contribution in [3.63, 3.8) is 0 Å². The van der Waals surface area contributed by atoms with Gasteiger partial charge in [-0.25, -0.2) is 8.78 Å². The average molecular weight is 274 g/mol. The van der Waals surface area contributed by atoms with Crippen molar-refractivity contribution in [3.05, 3.63) is 29.8 Å². The molecule has 1 N–H and O–H groups in total. The van der Waals surface area contributed by atoms with Crippen LogP contribution in [0.1, 0.15) is 0 Å².